The average Bonchev–Trinajstić information content (AvgIpc) is 3.08. The number of rotatable bonds is 13. The molecule has 0 bridgehead atoms. The van der Waals surface area contributed by atoms with Crippen molar-refractivity contribution in [3.05, 3.63) is 47.5 Å². The van der Waals surface area contributed by atoms with Crippen LogP contribution in [0.3, 0.4) is 0 Å². The smallest absolute Gasteiger partial charge is 0.303 e. The largest absolute Gasteiger partial charge is 0.481 e. The van der Waals surface area contributed by atoms with E-state index in [0.717, 1.165) is 25.3 Å². The fourth-order valence-corrected chi connectivity index (χ4v) is 3.72. The predicted molar refractivity (Wildman–Crippen MR) is 112 cm³/mol. The summed E-state index contributed by atoms with van der Waals surface area (Å²) in [7, 11) is 1.48. The lowest BCUT2D eigenvalue weighted by molar-refractivity contribution is -0.137. The fraction of sp³-hybridized carbons (Fsp3) is 0.565. The lowest BCUT2D eigenvalue weighted by atomic mass is 10.00. The third-order valence-electron chi connectivity index (χ3n) is 5.42. The molecule has 1 unspecified atom stereocenters. The Morgan fingerprint density at radius 3 is 2.77 bits per heavy atom. The Morgan fingerprint density at radius 2 is 2.06 bits per heavy atom. The molecule has 1 aliphatic heterocycles. The molecule has 6 nitrogen and oxygen atoms in total. The van der Waals surface area contributed by atoms with E-state index in [1.165, 1.54) is 31.4 Å². The number of aliphatic hydroxyl groups excluding tert-OH is 1. The molecule has 0 radical (unpaired) electrons. The molecule has 1 saturated heterocycles. The molecule has 172 valence electrons. The molecule has 1 aromatic rings. The second kappa shape index (κ2) is 11.9. The first-order valence-corrected chi connectivity index (χ1v) is 10.6. The molecular weight excluding hydrogens is 408 g/mol. The van der Waals surface area contributed by atoms with E-state index in [-0.39, 0.29) is 30.5 Å². The van der Waals surface area contributed by atoms with Crippen LogP contribution < -0.4 is 0 Å². The lowest BCUT2D eigenvalue weighted by Crippen LogP contribution is -2.34. The zero-order valence-corrected chi connectivity index (χ0v) is 17.8. The van der Waals surface area contributed by atoms with Gasteiger partial charge in [-0.15, -0.1) is 0 Å². The Hall–Kier alpha value is -2.32. The van der Waals surface area contributed by atoms with E-state index < -0.39 is 18.0 Å². The summed E-state index contributed by atoms with van der Waals surface area (Å²) in [5, 5.41) is 18.8. The zero-order valence-electron chi connectivity index (χ0n) is 17.8. The SMILES string of the molecule is COCc1cccc(C(F)(F)C(O)C=C[C@H]2CCC(=O)N2CCCCCCC(=O)O)c1. The number of hydrogen-bond donors (Lipinski definition) is 2. The van der Waals surface area contributed by atoms with Gasteiger partial charge in [0.2, 0.25) is 5.91 Å². The van der Waals surface area contributed by atoms with Crippen molar-refractivity contribution < 1.29 is 33.3 Å². The van der Waals surface area contributed by atoms with Gasteiger partial charge in [-0.3, -0.25) is 9.59 Å². The predicted octanol–water partition coefficient (Wildman–Crippen LogP) is 3.87. The lowest BCUT2D eigenvalue weighted by Gasteiger charge is -2.24. The van der Waals surface area contributed by atoms with Gasteiger partial charge in [-0.25, -0.2) is 0 Å². The van der Waals surface area contributed by atoms with E-state index in [1.807, 2.05) is 0 Å². The van der Waals surface area contributed by atoms with Crippen LogP contribution in [0.4, 0.5) is 8.78 Å². The Morgan fingerprint density at radius 1 is 1.32 bits per heavy atom. The van der Waals surface area contributed by atoms with Crippen molar-refractivity contribution in [2.45, 2.75) is 69.6 Å². The average molecular weight is 439 g/mol. The maximum absolute atomic E-state index is 14.7. The molecular formula is C23H31F2NO5. The number of carboxylic acids is 1. The molecule has 2 N–H and O–H groups in total. The van der Waals surface area contributed by atoms with E-state index in [9.17, 15) is 23.5 Å². The normalized spacial score (nSPS) is 18.1. The van der Waals surface area contributed by atoms with Gasteiger partial charge >= 0.3 is 11.9 Å². The van der Waals surface area contributed by atoms with E-state index in [2.05, 4.69) is 0 Å². The highest BCUT2D eigenvalue weighted by molar-refractivity contribution is 5.79. The number of amides is 1. The van der Waals surface area contributed by atoms with Crippen LogP contribution >= 0.6 is 0 Å². The summed E-state index contributed by atoms with van der Waals surface area (Å²) in [5.41, 5.74) is 0.298. The van der Waals surface area contributed by atoms with Crippen LogP contribution in [0.2, 0.25) is 0 Å². The molecule has 0 aliphatic carbocycles. The monoisotopic (exact) mass is 439 g/mol. The minimum absolute atomic E-state index is 0.0336. The first-order valence-electron chi connectivity index (χ1n) is 10.6. The number of carbonyl (C=O) groups excluding carboxylic acids is 1. The molecule has 0 saturated carbocycles. The van der Waals surface area contributed by atoms with E-state index >= 15 is 0 Å². The van der Waals surface area contributed by atoms with Crippen molar-refractivity contribution in [3.8, 4) is 0 Å². The van der Waals surface area contributed by atoms with Gasteiger partial charge in [0, 0.05) is 32.1 Å². The number of aliphatic carboxylic acids is 1. The number of alkyl halides is 2. The third-order valence-corrected chi connectivity index (χ3v) is 5.42. The number of unbranched alkanes of at least 4 members (excludes halogenated alkanes) is 3. The first kappa shape index (κ1) is 24.9. The van der Waals surface area contributed by atoms with Crippen LogP contribution in [0, 0.1) is 0 Å². The van der Waals surface area contributed by atoms with Crippen molar-refractivity contribution in [3.63, 3.8) is 0 Å². The zero-order chi connectivity index (χ0) is 22.9. The highest BCUT2D eigenvalue weighted by atomic mass is 19.3. The number of halogens is 2. The van der Waals surface area contributed by atoms with E-state index in [0.29, 0.717) is 31.4 Å². The summed E-state index contributed by atoms with van der Waals surface area (Å²) in [6.07, 6.45) is 4.44. The quantitative estimate of drug-likeness (QED) is 0.360. The number of nitrogens with zero attached hydrogens (tertiary/aromatic N) is 1. The van der Waals surface area contributed by atoms with Gasteiger partial charge in [0.25, 0.3) is 0 Å². The Bertz CT molecular complexity index is 768. The topological polar surface area (TPSA) is 87.1 Å². The first-order chi connectivity index (χ1) is 14.8. The Labute approximate surface area is 181 Å². The van der Waals surface area contributed by atoms with Crippen LogP contribution in [0.5, 0.6) is 0 Å². The fourth-order valence-electron chi connectivity index (χ4n) is 3.72. The second-order valence-corrected chi connectivity index (χ2v) is 7.84. The molecule has 1 heterocycles. The summed E-state index contributed by atoms with van der Waals surface area (Å²) in [6, 6.07) is 5.44. The van der Waals surface area contributed by atoms with Crippen LogP contribution in [0.25, 0.3) is 0 Å². The maximum Gasteiger partial charge on any atom is 0.303 e. The number of hydrogen-bond acceptors (Lipinski definition) is 4. The minimum Gasteiger partial charge on any atom is -0.481 e. The van der Waals surface area contributed by atoms with Gasteiger partial charge < -0.3 is 19.8 Å². The van der Waals surface area contributed by atoms with Crippen LogP contribution in [0.1, 0.15) is 56.1 Å². The summed E-state index contributed by atoms with van der Waals surface area (Å²) in [5.74, 6) is -4.33. The van der Waals surface area contributed by atoms with Crippen molar-refractivity contribution in [2.75, 3.05) is 13.7 Å². The second-order valence-electron chi connectivity index (χ2n) is 7.84. The summed E-state index contributed by atoms with van der Waals surface area (Å²) in [4.78, 5) is 24.3. The number of aliphatic hydroxyl groups is 1. The third kappa shape index (κ3) is 7.40. The van der Waals surface area contributed by atoms with Crippen molar-refractivity contribution in [2.24, 2.45) is 0 Å². The molecule has 1 aliphatic rings. The van der Waals surface area contributed by atoms with Gasteiger partial charge in [0.15, 0.2) is 0 Å². The van der Waals surface area contributed by atoms with Crippen LogP contribution in [-0.2, 0) is 26.9 Å². The van der Waals surface area contributed by atoms with Crippen LogP contribution in [0.15, 0.2) is 36.4 Å². The molecule has 0 aromatic heterocycles. The Kier molecular flexibility index (Phi) is 9.58. The number of methoxy groups -OCH3 is 1. The minimum atomic E-state index is -3.47. The summed E-state index contributed by atoms with van der Waals surface area (Å²) in [6.45, 7) is 0.692. The molecule has 1 amide bonds. The molecule has 2 rings (SSSR count). The summed E-state index contributed by atoms with van der Waals surface area (Å²) < 4.78 is 34.4. The van der Waals surface area contributed by atoms with E-state index in [4.69, 9.17) is 9.84 Å². The molecule has 1 aromatic carbocycles. The number of likely N-dealkylation sites (tertiary alicyclic amines) is 1. The van der Waals surface area contributed by atoms with Crippen molar-refractivity contribution in [1.29, 1.82) is 0 Å². The van der Waals surface area contributed by atoms with Gasteiger partial charge in [0.1, 0.15) is 6.10 Å². The number of carbonyl (C=O) groups is 2. The van der Waals surface area contributed by atoms with Gasteiger partial charge in [-0.1, -0.05) is 43.2 Å². The summed E-state index contributed by atoms with van der Waals surface area (Å²) >= 11 is 0. The number of carboxylic acid groups (broad SMARTS) is 1. The molecule has 31 heavy (non-hydrogen) atoms. The number of ether oxygens (including phenoxy) is 1. The van der Waals surface area contributed by atoms with Crippen molar-refractivity contribution >= 4 is 11.9 Å². The van der Waals surface area contributed by atoms with E-state index in [1.54, 1.807) is 11.0 Å². The maximum atomic E-state index is 14.7. The molecule has 1 fully saturated rings. The van der Waals surface area contributed by atoms with Crippen molar-refractivity contribution in [1.82, 2.24) is 4.90 Å². The van der Waals surface area contributed by atoms with Gasteiger partial charge in [-0.2, -0.15) is 8.78 Å². The Balaban J connectivity index is 1.93. The van der Waals surface area contributed by atoms with Crippen LogP contribution in [-0.4, -0.2) is 52.8 Å². The highest BCUT2D eigenvalue weighted by Gasteiger charge is 2.39. The van der Waals surface area contributed by atoms with Gasteiger partial charge in [0.05, 0.1) is 12.6 Å². The molecule has 8 heteroatoms. The number of benzene rings is 1. The molecule has 0 spiro atoms. The highest BCUT2D eigenvalue weighted by Crippen LogP contribution is 2.33. The standard InChI is InChI=1S/C23H31F2NO5/c1-31-16-17-7-6-8-18(15-17)23(24,25)20(27)12-10-19-11-13-21(28)26(19)14-5-3-2-4-9-22(29)30/h6-8,10,12,15,19-20,27H,2-5,9,11,13-14,16H2,1H3,(H,29,30)/t19-,20?/m0/s1. The van der Waals surface area contributed by atoms with Gasteiger partial charge in [-0.05, 0) is 30.9 Å². The molecule has 2 atom stereocenters.